The van der Waals surface area contributed by atoms with E-state index in [0.717, 1.165) is 12.2 Å². The SMILES string of the molecule is O=C([O-])C1C=CC=CC1(O)O.[K+]. The average Bonchev–Trinajstić information content (AvgIpc) is 1.85. The van der Waals surface area contributed by atoms with Crippen LogP contribution in [0, 0.1) is 5.92 Å². The van der Waals surface area contributed by atoms with Crippen LogP contribution in [0.2, 0.25) is 0 Å². The first-order valence-corrected chi connectivity index (χ1v) is 3.05. The van der Waals surface area contributed by atoms with Gasteiger partial charge in [-0.25, -0.2) is 0 Å². The molecule has 2 N–H and O–H groups in total. The number of carboxylic acid groups (broad SMARTS) is 1. The molecule has 1 unspecified atom stereocenters. The van der Waals surface area contributed by atoms with E-state index < -0.39 is 17.7 Å². The molecule has 0 aromatic carbocycles. The van der Waals surface area contributed by atoms with Gasteiger partial charge >= 0.3 is 51.4 Å². The minimum atomic E-state index is -2.31. The number of hydrogen-bond acceptors (Lipinski definition) is 4. The van der Waals surface area contributed by atoms with Crippen molar-refractivity contribution in [3.05, 3.63) is 24.3 Å². The van der Waals surface area contributed by atoms with Crippen molar-refractivity contribution in [2.45, 2.75) is 5.79 Å². The van der Waals surface area contributed by atoms with E-state index in [9.17, 15) is 9.90 Å². The third kappa shape index (κ3) is 2.77. The zero-order valence-corrected chi connectivity index (χ0v) is 9.72. The number of allylic oxidation sites excluding steroid dienone is 2. The van der Waals surface area contributed by atoms with Gasteiger partial charge in [-0.15, -0.1) is 0 Å². The Kier molecular flexibility index (Phi) is 4.86. The van der Waals surface area contributed by atoms with E-state index in [-0.39, 0.29) is 51.4 Å². The maximum absolute atomic E-state index is 10.3. The van der Waals surface area contributed by atoms with Gasteiger partial charge in [0.1, 0.15) is 0 Å². The minimum absolute atomic E-state index is 0. The molecule has 0 heterocycles. The Bertz CT molecular complexity index is 232. The van der Waals surface area contributed by atoms with Crippen molar-refractivity contribution in [2.24, 2.45) is 5.92 Å². The molecule has 1 rings (SSSR count). The summed E-state index contributed by atoms with van der Waals surface area (Å²) in [5.41, 5.74) is 0. The molecule has 4 nitrogen and oxygen atoms in total. The van der Waals surface area contributed by atoms with Crippen LogP contribution < -0.4 is 56.5 Å². The molecule has 0 radical (unpaired) electrons. The summed E-state index contributed by atoms with van der Waals surface area (Å²) >= 11 is 0. The maximum atomic E-state index is 10.3. The third-order valence-electron chi connectivity index (χ3n) is 1.47. The van der Waals surface area contributed by atoms with E-state index in [1.807, 2.05) is 0 Å². The van der Waals surface area contributed by atoms with Gasteiger partial charge in [-0.2, -0.15) is 0 Å². The summed E-state index contributed by atoms with van der Waals surface area (Å²) in [4.78, 5) is 10.3. The zero-order valence-electron chi connectivity index (χ0n) is 6.60. The van der Waals surface area contributed by atoms with Crippen LogP contribution in [0.15, 0.2) is 24.3 Å². The minimum Gasteiger partial charge on any atom is -0.549 e. The molecule has 0 spiro atoms. The molecular formula is C7H7KO4. The second-order valence-electron chi connectivity index (χ2n) is 2.32. The molecule has 0 saturated heterocycles. The van der Waals surface area contributed by atoms with Gasteiger partial charge in [0.05, 0.1) is 11.9 Å². The molecule has 60 valence electrons. The van der Waals surface area contributed by atoms with Crippen LogP contribution in [-0.4, -0.2) is 22.0 Å². The monoisotopic (exact) mass is 194 g/mol. The molecule has 1 aliphatic carbocycles. The fourth-order valence-corrected chi connectivity index (χ4v) is 0.870. The summed E-state index contributed by atoms with van der Waals surface area (Å²) in [6, 6.07) is 0. The largest absolute Gasteiger partial charge is 1.00 e. The normalized spacial score (nSPS) is 24.7. The van der Waals surface area contributed by atoms with E-state index in [1.54, 1.807) is 0 Å². The van der Waals surface area contributed by atoms with Crippen molar-refractivity contribution in [2.75, 3.05) is 0 Å². The second kappa shape index (κ2) is 4.66. The van der Waals surface area contributed by atoms with E-state index in [2.05, 4.69) is 0 Å². The fraction of sp³-hybridized carbons (Fsp3) is 0.286. The molecule has 0 fully saturated rings. The topological polar surface area (TPSA) is 80.6 Å². The van der Waals surface area contributed by atoms with Crippen LogP contribution in [0.25, 0.3) is 0 Å². The standard InChI is InChI=1S/C7H8O4.K/c8-6(9)5-3-1-2-4-7(5,10)11;/h1-5,10-11H,(H,8,9);/q;+1/p-1. The molecule has 12 heavy (non-hydrogen) atoms. The number of aliphatic carboxylic acids is 1. The van der Waals surface area contributed by atoms with Gasteiger partial charge in [-0.3, -0.25) is 0 Å². The van der Waals surface area contributed by atoms with Crippen molar-refractivity contribution in [1.82, 2.24) is 0 Å². The molecule has 1 aliphatic rings. The molecule has 0 aliphatic heterocycles. The predicted molar refractivity (Wildman–Crippen MR) is 33.9 cm³/mol. The van der Waals surface area contributed by atoms with Gasteiger partial charge in [0.25, 0.3) is 0 Å². The second-order valence-corrected chi connectivity index (χ2v) is 2.32. The number of carboxylic acids is 1. The first-order chi connectivity index (χ1) is 5.04. The van der Waals surface area contributed by atoms with E-state index in [4.69, 9.17) is 10.2 Å². The van der Waals surface area contributed by atoms with Crippen LogP contribution in [0.4, 0.5) is 0 Å². The van der Waals surface area contributed by atoms with E-state index in [1.165, 1.54) is 12.2 Å². The molecular weight excluding hydrogens is 187 g/mol. The number of carbonyl (C=O) groups is 1. The third-order valence-corrected chi connectivity index (χ3v) is 1.47. The van der Waals surface area contributed by atoms with Gasteiger partial charge in [0.2, 0.25) is 0 Å². The van der Waals surface area contributed by atoms with Crippen LogP contribution in [-0.2, 0) is 4.79 Å². The Labute approximate surface area is 112 Å². The maximum Gasteiger partial charge on any atom is 1.00 e. The van der Waals surface area contributed by atoms with Crippen LogP contribution in [0.5, 0.6) is 0 Å². The van der Waals surface area contributed by atoms with Crippen molar-refractivity contribution in [3.63, 3.8) is 0 Å². The summed E-state index contributed by atoms with van der Waals surface area (Å²) in [5.74, 6) is -5.20. The van der Waals surface area contributed by atoms with Gasteiger partial charge < -0.3 is 20.1 Å². The Morgan fingerprint density at radius 1 is 1.42 bits per heavy atom. The first kappa shape index (κ1) is 12.5. The number of rotatable bonds is 1. The van der Waals surface area contributed by atoms with Crippen molar-refractivity contribution in [3.8, 4) is 0 Å². The number of carbonyl (C=O) groups excluding carboxylic acids is 1. The number of aliphatic hydroxyl groups is 2. The Morgan fingerprint density at radius 2 is 2.00 bits per heavy atom. The molecule has 0 saturated carbocycles. The molecule has 0 bridgehead atoms. The first-order valence-electron chi connectivity index (χ1n) is 3.05. The van der Waals surface area contributed by atoms with E-state index in [0.29, 0.717) is 0 Å². The quantitative estimate of drug-likeness (QED) is 0.324. The van der Waals surface area contributed by atoms with Crippen molar-refractivity contribution >= 4 is 5.97 Å². The number of hydrogen-bond donors (Lipinski definition) is 2. The summed E-state index contributed by atoms with van der Waals surface area (Å²) in [7, 11) is 0. The summed E-state index contributed by atoms with van der Waals surface area (Å²) in [6.07, 6.45) is 4.94. The molecule has 0 amide bonds. The van der Waals surface area contributed by atoms with Gasteiger partial charge in [0, 0.05) is 0 Å². The summed E-state index contributed by atoms with van der Waals surface area (Å²) in [6.45, 7) is 0. The summed E-state index contributed by atoms with van der Waals surface area (Å²) in [5, 5.41) is 28.3. The van der Waals surface area contributed by atoms with Crippen LogP contribution in [0.1, 0.15) is 0 Å². The molecule has 0 aromatic heterocycles. The summed E-state index contributed by atoms with van der Waals surface area (Å²) < 4.78 is 0. The smallest absolute Gasteiger partial charge is 0.549 e. The Morgan fingerprint density at radius 3 is 2.33 bits per heavy atom. The van der Waals surface area contributed by atoms with Crippen molar-refractivity contribution in [1.29, 1.82) is 0 Å². The Balaban J connectivity index is 0.00000121. The fourth-order valence-electron chi connectivity index (χ4n) is 0.870. The zero-order chi connectivity index (χ0) is 8.48. The average molecular weight is 194 g/mol. The molecule has 0 aromatic rings. The molecule has 5 heteroatoms. The van der Waals surface area contributed by atoms with Gasteiger partial charge in [0.15, 0.2) is 5.79 Å². The van der Waals surface area contributed by atoms with Crippen LogP contribution >= 0.6 is 0 Å². The van der Waals surface area contributed by atoms with Gasteiger partial charge in [-0.1, -0.05) is 18.2 Å². The molecule has 1 atom stereocenters. The Hall–Kier alpha value is 0.506. The van der Waals surface area contributed by atoms with Gasteiger partial charge in [-0.05, 0) is 6.08 Å². The predicted octanol–water partition coefficient (Wildman–Crippen LogP) is -4.84. The van der Waals surface area contributed by atoms with E-state index >= 15 is 0 Å². The van der Waals surface area contributed by atoms with Crippen LogP contribution in [0.3, 0.4) is 0 Å². The van der Waals surface area contributed by atoms with Crippen molar-refractivity contribution < 1.29 is 71.5 Å².